The molecule has 2 nitrogen and oxygen atoms in total. The summed E-state index contributed by atoms with van der Waals surface area (Å²) < 4.78 is 1.10. The first-order valence-corrected chi connectivity index (χ1v) is 7.64. The average molecular weight is 323 g/mol. The second-order valence-corrected chi connectivity index (χ2v) is 7.07. The largest absolute Gasteiger partial charge is 0.367 e. The zero-order chi connectivity index (χ0) is 14.0. The number of benzene rings is 1. The minimum atomic E-state index is 0.294. The van der Waals surface area contributed by atoms with Gasteiger partial charge in [0.25, 0.3) is 0 Å². The topological polar surface area (TPSA) is 29.3 Å². The minimum absolute atomic E-state index is 0.294. The van der Waals surface area contributed by atoms with Crippen molar-refractivity contribution in [1.29, 1.82) is 0 Å². The Morgan fingerprint density at radius 1 is 1.32 bits per heavy atom. The van der Waals surface area contributed by atoms with Gasteiger partial charge < -0.3 is 10.6 Å². The summed E-state index contributed by atoms with van der Waals surface area (Å²) in [7, 11) is 0. The summed E-state index contributed by atoms with van der Waals surface area (Å²) in [5.41, 5.74) is 10.2. The summed E-state index contributed by atoms with van der Waals surface area (Å²) in [6.07, 6.45) is 3.52. The summed E-state index contributed by atoms with van der Waals surface area (Å²) >= 11 is 3.51. The predicted octanol–water partition coefficient (Wildman–Crippen LogP) is 4.09. The van der Waals surface area contributed by atoms with Crippen LogP contribution in [0.1, 0.15) is 32.8 Å². The minimum Gasteiger partial charge on any atom is -0.367 e. The molecule has 0 bridgehead atoms. The van der Waals surface area contributed by atoms with Crippen LogP contribution in [0.4, 0.5) is 5.69 Å². The number of rotatable bonds is 2. The van der Waals surface area contributed by atoms with Crippen LogP contribution in [0.2, 0.25) is 0 Å². The molecule has 0 aliphatic carbocycles. The zero-order valence-electron chi connectivity index (χ0n) is 12.0. The van der Waals surface area contributed by atoms with Crippen molar-refractivity contribution >= 4 is 21.6 Å². The lowest BCUT2D eigenvalue weighted by atomic mass is 9.83. The molecule has 0 radical (unpaired) electrons. The van der Waals surface area contributed by atoms with Crippen LogP contribution in [0, 0.1) is 5.41 Å². The monoisotopic (exact) mass is 322 g/mol. The van der Waals surface area contributed by atoms with Crippen LogP contribution in [0.15, 0.2) is 34.3 Å². The molecule has 1 aliphatic heterocycles. The summed E-state index contributed by atoms with van der Waals surface area (Å²) in [6.45, 7) is 9.53. The van der Waals surface area contributed by atoms with E-state index >= 15 is 0 Å². The molecule has 0 spiro atoms. The first-order chi connectivity index (χ1) is 8.91. The highest BCUT2D eigenvalue weighted by molar-refractivity contribution is 9.10. The lowest BCUT2D eigenvalue weighted by Crippen LogP contribution is -2.32. The first kappa shape index (κ1) is 14.6. The maximum absolute atomic E-state index is 5.86. The third kappa shape index (κ3) is 3.40. The second-order valence-electron chi connectivity index (χ2n) is 6.15. The normalized spacial score (nSPS) is 16.5. The molecule has 0 fully saturated rings. The molecular formula is C16H23BrN2. The molecule has 0 unspecified atom stereocenters. The van der Waals surface area contributed by atoms with Gasteiger partial charge in [-0.2, -0.15) is 0 Å². The van der Waals surface area contributed by atoms with Crippen molar-refractivity contribution in [2.75, 3.05) is 18.0 Å². The van der Waals surface area contributed by atoms with Crippen molar-refractivity contribution < 1.29 is 0 Å². The zero-order valence-corrected chi connectivity index (χ0v) is 13.6. The molecule has 2 rings (SSSR count). The van der Waals surface area contributed by atoms with Crippen LogP contribution in [0.3, 0.4) is 0 Å². The van der Waals surface area contributed by atoms with Crippen molar-refractivity contribution in [3.05, 3.63) is 39.9 Å². The van der Waals surface area contributed by atoms with Gasteiger partial charge in [0.1, 0.15) is 0 Å². The molecule has 1 aromatic rings. The SMILES string of the molecule is CC(C)(C)C1=CCN(c2ccc(Br)cc2CN)CC1. The van der Waals surface area contributed by atoms with Gasteiger partial charge in [0.2, 0.25) is 0 Å². The smallest absolute Gasteiger partial charge is 0.0415 e. The molecule has 1 aliphatic rings. The Morgan fingerprint density at radius 2 is 2.05 bits per heavy atom. The molecule has 2 N–H and O–H groups in total. The number of hydrogen-bond donors (Lipinski definition) is 1. The van der Waals surface area contributed by atoms with E-state index in [0.29, 0.717) is 12.0 Å². The van der Waals surface area contributed by atoms with Crippen LogP contribution in [-0.4, -0.2) is 13.1 Å². The Kier molecular flexibility index (Phi) is 4.36. The molecule has 0 saturated heterocycles. The molecule has 1 heterocycles. The Hall–Kier alpha value is -0.800. The van der Waals surface area contributed by atoms with Gasteiger partial charge in [-0.05, 0) is 35.6 Å². The highest BCUT2D eigenvalue weighted by atomic mass is 79.9. The van der Waals surface area contributed by atoms with Crippen LogP contribution < -0.4 is 10.6 Å². The van der Waals surface area contributed by atoms with Crippen LogP contribution in [0.25, 0.3) is 0 Å². The van der Waals surface area contributed by atoms with Crippen molar-refractivity contribution in [1.82, 2.24) is 0 Å². The Balaban J connectivity index is 2.20. The average Bonchev–Trinajstić information content (AvgIpc) is 2.37. The lowest BCUT2D eigenvalue weighted by Gasteiger charge is -2.34. The summed E-state index contributed by atoms with van der Waals surface area (Å²) in [5.74, 6) is 0. The van der Waals surface area contributed by atoms with E-state index < -0.39 is 0 Å². The van der Waals surface area contributed by atoms with Gasteiger partial charge in [-0.3, -0.25) is 0 Å². The van der Waals surface area contributed by atoms with Crippen LogP contribution >= 0.6 is 15.9 Å². The Labute approximate surface area is 124 Å². The van der Waals surface area contributed by atoms with E-state index in [4.69, 9.17) is 5.73 Å². The molecule has 19 heavy (non-hydrogen) atoms. The molecule has 0 atom stereocenters. The van der Waals surface area contributed by atoms with Gasteiger partial charge in [-0.1, -0.05) is 48.4 Å². The van der Waals surface area contributed by atoms with Gasteiger partial charge in [-0.15, -0.1) is 0 Å². The van der Waals surface area contributed by atoms with Gasteiger partial charge >= 0.3 is 0 Å². The summed E-state index contributed by atoms with van der Waals surface area (Å²) in [4.78, 5) is 2.42. The number of halogens is 1. The van der Waals surface area contributed by atoms with Gasteiger partial charge in [0.15, 0.2) is 0 Å². The maximum atomic E-state index is 5.86. The fourth-order valence-corrected chi connectivity index (χ4v) is 3.00. The molecule has 0 aromatic heterocycles. The fraction of sp³-hybridized carbons (Fsp3) is 0.500. The van der Waals surface area contributed by atoms with Crippen molar-refractivity contribution in [2.45, 2.75) is 33.7 Å². The number of nitrogens with two attached hydrogens (primary N) is 1. The van der Waals surface area contributed by atoms with Crippen LogP contribution in [-0.2, 0) is 6.54 Å². The van der Waals surface area contributed by atoms with E-state index in [1.165, 1.54) is 11.3 Å². The van der Waals surface area contributed by atoms with Crippen molar-refractivity contribution in [2.24, 2.45) is 11.1 Å². The third-order valence-corrected chi connectivity index (χ3v) is 4.27. The van der Waals surface area contributed by atoms with Gasteiger partial charge in [-0.25, -0.2) is 0 Å². The van der Waals surface area contributed by atoms with E-state index in [2.05, 4.69) is 65.9 Å². The number of anilines is 1. The van der Waals surface area contributed by atoms with E-state index in [1.807, 2.05) is 0 Å². The summed E-state index contributed by atoms with van der Waals surface area (Å²) in [5, 5.41) is 0. The molecule has 104 valence electrons. The highest BCUT2D eigenvalue weighted by Gasteiger charge is 2.22. The quantitative estimate of drug-likeness (QED) is 0.831. The fourth-order valence-electron chi connectivity index (χ4n) is 2.60. The van der Waals surface area contributed by atoms with Gasteiger partial charge in [0.05, 0.1) is 0 Å². The van der Waals surface area contributed by atoms with Gasteiger partial charge in [0, 0.05) is 29.8 Å². The Morgan fingerprint density at radius 3 is 2.58 bits per heavy atom. The summed E-state index contributed by atoms with van der Waals surface area (Å²) in [6, 6.07) is 6.39. The molecular weight excluding hydrogens is 300 g/mol. The molecule has 0 amide bonds. The predicted molar refractivity (Wildman–Crippen MR) is 86.4 cm³/mol. The van der Waals surface area contributed by atoms with E-state index in [1.54, 1.807) is 5.57 Å². The molecule has 3 heteroatoms. The molecule has 1 aromatic carbocycles. The first-order valence-electron chi connectivity index (χ1n) is 6.85. The van der Waals surface area contributed by atoms with Crippen LogP contribution in [0.5, 0.6) is 0 Å². The lowest BCUT2D eigenvalue weighted by molar-refractivity contribution is 0.472. The third-order valence-electron chi connectivity index (χ3n) is 3.77. The number of nitrogens with zero attached hydrogens (tertiary/aromatic N) is 1. The number of hydrogen-bond acceptors (Lipinski definition) is 2. The Bertz CT molecular complexity index is 486. The van der Waals surface area contributed by atoms with Crippen molar-refractivity contribution in [3.63, 3.8) is 0 Å². The molecule has 0 saturated carbocycles. The van der Waals surface area contributed by atoms with E-state index in [0.717, 1.165) is 24.0 Å². The highest BCUT2D eigenvalue weighted by Crippen LogP contribution is 2.33. The van der Waals surface area contributed by atoms with E-state index in [9.17, 15) is 0 Å². The second kappa shape index (κ2) is 5.68. The maximum Gasteiger partial charge on any atom is 0.0415 e. The van der Waals surface area contributed by atoms with E-state index in [-0.39, 0.29) is 0 Å². The van der Waals surface area contributed by atoms with Crippen molar-refractivity contribution in [3.8, 4) is 0 Å². The standard InChI is InChI=1S/C16H23BrN2/c1-16(2,3)13-6-8-19(9-7-13)15-5-4-14(17)10-12(15)11-18/h4-6,10H,7-9,11,18H2,1-3H3.